The Morgan fingerprint density at radius 1 is 1.35 bits per heavy atom. The first-order valence-corrected chi connectivity index (χ1v) is 8.05. The van der Waals surface area contributed by atoms with Gasteiger partial charge < -0.3 is 5.11 Å². The number of aliphatic hydroxyl groups excluding tert-OH is 1. The highest BCUT2D eigenvalue weighted by molar-refractivity contribution is 7.89. The fourth-order valence-electron chi connectivity index (χ4n) is 2.11. The van der Waals surface area contributed by atoms with Crippen molar-refractivity contribution in [3.63, 3.8) is 0 Å². The number of benzene rings is 1. The summed E-state index contributed by atoms with van der Waals surface area (Å²) < 4.78 is 26.2. The van der Waals surface area contributed by atoms with Crippen LogP contribution in [-0.2, 0) is 10.0 Å². The van der Waals surface area contributed by atoms with E-state index in [1.54, 1.807) is 31.3 Å². The van der Waals surface area contributed by atoms with Crippen LogP contribution in [-0.4, -0.2) is 38.0 Å². The van der Waals surface area contributed by atoms with E-state index in [1.807, 2.05) is 0 Å². The van der Waals surface area contributed by atoms with Crippen LogP contribution in [0.3, 0.4) is 0 Å². The second-order valence-electron chi connectivity index (χ2n) is 5.24. The molecule has 0 aromatic heterocycles. The molecule has 0 bridgehead atoms. The van der Waals surface area contributed by atoms with Gasteiger partial charge in [-0.05, 0) is 42.5 Å². The van der Waals surface area contributed by atoms with Gasteiger partial charge in [-0.3, -0.25) is 0 Å². The van der Waals surface area contributed by atoms with Gasteiger partial charge in [0, 0.05) is 19.2 Å². The third-order valence-electron chi connectivity index (χ3n) is 3.64. The standard InChI is InChI=1S/C15H19NO3S/c1-12-10-14(12)11-16(2)20(18,19)15-7-5-13(6-8-15)4-3-9-17/h5-8,12,14,17H,9-11H2,1-2H3. The Bertz CT molecular complexity index is 625. The van der Waals surface area contributed by atoms with Gasteiger partial charge in [-0.25, -0.2) is 12.7 Å². The minimum atomic E-state index is -3.42. The number of hydrogen-bond acceptors (Lipinski definition) is 3. The molecule has 2 rings (SSSR count). The van der Waals surface area contributed by atoms with E-state index in [2.05, 4.69) is 18.8 Å². The summed E-state index contributed by atoms with van der Waals surface area (Å²) in [5.74, 6) is 6.39. The summed E-state index contributed by atoms with van der Waals surface area (Å²) in [4.78, 5) is 0.280. The molecule has 0 saturated heterocycles. The second-order valence-corrected chi connectivity index (χ2v) is 7.29. The fraction of sp³-hybridized carbons (Fsp3) is 0.467. The predicted octanol–water partition coefficient (Wildman–Crippen LogP) is 1.31. The van der Waals surface area contributed by atoms with E-state index in [0.717, 1.165) is 6.42 Å². The third kappa shape index (κ3) is 3.40. The lowest BCUT2D eigenvalue weighted by Crippen LogP contribution is -2.29. The predicted molar refractivity (Wildman–Crippen MR) is 77.5 cm³/mol. The molecule has 1 fully saturated rings. The van der Waals surface area contributed by atoms with Crippen LogP contribution in [0.15, 0.2) is 29.2 Å². The smallest absolute Gasteiger partial charge is 0.242 e. The van der Waals surface area contributed by atoms with E-state index in [4.69, 9.17) is 5.11 Å². The summed E-state index contributed by atoms with van der Waals surface area (Å²) in [6.45, 7) is 2.51. The first kappa shape index (κ1) is 15.0. The number of hydrogen-bond donors (Lipinski definition) is 1. The van der Waals surface area contributed by atoms with Crippen molar-refractivity contribution in [2.24, 2.45) is 11.8 Å². The molecule has 1 aromatic rings. The molecule has 0 heterocycles. The van der Waals surface area contributed by atoms with Crippen LogP contribution in [0.5, 0.6) is 0 Å². The molecule has 1 aromatic carbocycles. The third-order valence-corrected chi connectivity index (χ3v) is 5.48. The Morgan fingerprint density at radius 3 is 2.45 bits per heavy atom. The molecule has 5 heteroatoms. The average Bonchev–Trinajstić information content (AvgIpc) is 3.12. The topological polar surface area (TPSA) is 57.6 Å². The van der Waals surface area contributed by atoms with Crippen LogP contribution < -0.4 is 0 Å². The molecule has 1 aliphatic carbocycles. The number of nitrogens with zero attached hydrogens (tertiary/aromatic N) is 1. The first-order valence-electron chi connectivity index (χ1n) is 6.61. The number of sulfonamides is 1. The van der Waals surface area contributed by atoms with Crippen molar-refractivity contribution < 1.29 is 13.5 Å². The SMILES string of the molecule is CC1CC1CN(C)S(=O)(=O)c1ccc(C#CCO)cc1. The van der Waals surface area contributed by atoms with Gasteiger partial charge in [-0.1, -0.05) is 18.8 Å². The van der Waals surface area contributed by atoms with Crippen LogP contribution in [0.2, 0.25) is 0 Å². The van der Waals surface area contributed by atoms with E-state index < -0.39 is 10.0 Å². The second kappa shape index (κ2) is 5.96. The molecule has 2 unspecified atom stereocenters. The highest BCUT2D eigenvalue weighted by atomic mass is 32.2. The lowest BCUT2D eigenvalue weighted by molar-refractivity contribution is 0.350. The molecular weight excluding hydrogens is 274 g/mol. The van der Waals surface area contributed by atoms with Crippen molar-refractivity contribution in [1.82, 2.24) is 4.31 Å². The minimum absolute atomic E-state index is 0.206. The van der Waals surface area contributed by atoms with Gasteiger partial charge in [-0.2, -0.15) is 0 Å². The summed E-state index contributed by atoms with van der Waals surface area (Å²) in [5, 5.41) is 8.62. The Balaban J connectivity index is 2.12. The molecule has 108 valence electrons. The van der Waals surface area contributed by atoms with Crippen LogP contribution in [0.4, 0.5) is 0 Å². The van der Waals surface area contributed by atoms with Gasteiger partial charge in [0.05, 0.1) is 4.90 Å². The molecule has 0 spiro atoms. The summed E-state index contributed by atoms with van der Waals surface area (Å²) in [6.07, 6.45) is 1.11. The largest absolute Gasteiger partial charge is 0.384 e. The zero-order chi connectivity index (χ0) is 14.8. The van der Waals surface area contributed by atoms with Gasteiger partial charge in [0.25, 0.3) is 0 Å². The zero-order valence-corrected chi connectivity index (χ0v) is 12.5. The molecule has 4 nitrogen and oxygen atoms in total. The van der Waals surface area contributed by atoms with Gasteiger partial charge in [-0.15, -0.1) is 0 Å². The monoisotopic (exact) mass is 293 g/mol. The molecule has 20 heavy (non-hydrogen) atoms. The van der Waals surface area contributed by atoms with Crippen molar-refractivity contribution in [3.05, 3.63) is 29.8 Å². The molecule has 0 radical (unpaired) electrons. The first-order chi connectivity index (χ1) is 9.45. The molecule has 2 atom stereocenters. The molecule has 0 amide bonds. The van der Waals surface area contributed by atoms with E-state index in [0.29, 0.717) is 23.9 Å². The van der Waals surface area contributed by atoms with E-state index in [1.165, 1.54) is 4.31 Å². The van der Waals surface area contributed by atoms with Gasteiger partial charge in [0.1, 0.15) is 6.61 Å². The maximum atomic E-state index is 12.4. The Morgan fingerprint density at radius 2 is 1.95 bits per heavy atom. The Hall–Kier alpha value is -1.35. The van der Waals surface area contributed by atoms with Gasteiger partial charge in [0.2, 0.25) is 10.0 Å². The average molecular weight is 293 g/mol. The Kier molecular flexibility index (Phi) is 4.48. The molecular formula is C15H19NO3S. The fourth-order valence-corrected chi connectivity index (χ4v) is 3.34. The van der Waals surface area contributed by atoms with E-state index in [9.17, 15) is 8.42 Å². The van der Waals surface area contributed by atoms with Crippen LogP contribution >= 0.6 is 0 Å². The highest BCUT2D eigenvalue weighted by Gasteiger charge is 2.36. The molecule has 1 N–H and O–H groups in total. The van der Waals surface area contributed by atoms with Crippen molar-refractivity contribution in [2.45, 2.75) is 18.2 Å². The Labute approximate surface area is 120 Å². The number of rotatable bonds is 4. The van der Waals surface area contributed by atoms with Crippen molar-refractivity contribution in [2.75, 3.05) is 20.2 Å². The summed E-state index contributed by atoms with van der Waals surface area (Å²) in [7, 11) is -1.79. The van der Waals surface area contributed by atoms with E-state index in [-0.39, 0.29) is 11.5 Å². The minimum Gasteiger partial charge on any atom is -0.384 e. The summed E-state index contributed by atoms with van der Waals surface area (Å²) >= 11 is 0. The summed E-state index contributed by atoms with van der Waals surface area (Å²) in [5.41, 5.74) is 0.691. The lowest BCUT2D eigenvalue weighted by atomic mass is 10.2. The summed E-state index contributed by atoms with van der Waals surface area (Å²) in [6, 6.07) is 6.43. The van der Waals surface area contributed by atoms with E-state index >= 15 is 0 Å². The maximum Gasteiger partial charge on any atom is 0.242 e. The van der Waals surface area contributed by atoms with Crippen LogP contribution in [0.25, 0.3) is 0 Å². The van der Waals surface area contributed by atoms with Crippen molar-refractivity contribution >= 4 is 10.0 Å². The van der Waals surface area contributed by atoms with Crippen LogP contribution in [0.1, 0.15) is 18.9 Å². The quantitative estimate of drug-likeness (QED) is 0.852. The van der Waals surface area contributed by atoms with Gasteiger partial charge >= 0.3 is 0 Å². The van der Waals surface area contributed by atoms with Crippen LogP contribution in [0, 0.1) is 23.7 Å². The van der Waals surface area contributed by atoms with Gasteiger partial charge in [0.15, 0.2) is 0 Å². The maximum absolute atomic E-state index is 12.4. The lowest BCUT2D eigenvalue weighted by Gasteiger charge is -2.17. The van der Waals surface area contributed by atoms with Crippen molar-refractivity contribution in [1.29, 1.82) is 0 Å². The van der Waals surface area contributed by atoms with Crippen molar-refractivity contribution in [3.8, 4) is 11.8 Å². The zero-order valence-electron chi connectivity index (χ0n) is 11.7. The normalized spacial score (nSPS) is 21.4. The molecule has 1 aliphatic rings. The highest BCUT2D eigenvalue weighted by Crippen LogP contribution is 2.38. The molecule has 0 aliphatic heterocycles. The molecule has 1 saturated carbocycles. The number of aliphatic hydroxyl groups is 1.